The van der Waals surface area contributed by atoms with Crippen LogP contribution in [0.4, 0.5) is 0 Å². The van der Waals surface area contributed by atoms with Crippen molar-refractivity contribution < 1.29 is 9.90 Å². The zero-order valence-electron chi connectivity index (χ0n) is 21.4. The fourth-order valence-corrected chi connectivity index (χ4v) is 6.58. The maximum Gasteiger partial charge on any atom is 0.0586 e. The number of carboxylic acid groups (broad SMARTS) is 1. The van der Waals surface area contributed by atoms with Crippen molar-refractivity contribution in [3.8, 4) is 0 Å². The number of aliphatic carboxylic acids is 1. The Balaban J connectivity index is 1.30. The number of hydrogen-bond donors (Lipinski definition) is 0. The number of unbranched alkanes of at least 4 members (excludes halogenated alkanes) is 5. The van der Waals surface area contributed by atoms with Crippen molar-refractivity contribution in [1.82, 2.24) is 9.80 Å². The second-order valence-corrected chi connectivity index (χ2v) is 11.4. The second-order valence-electron chi connectivity index (χ2n) is 9.91. The third-order valence-corrected chi connectivity index (χ3v) is 8.76. The number of rotatable bonds is 12. The number of nitrogens with zero attached hydrogens (tertiary/aromatic N) is 2. The molecule has 2 heterocycles. The van der Waals surface area contributed by atoms with Gasteiger partial charge in [-0.15, -0.1) is 0 Å². The van der Waals surface area contributed by atoms with Gasteiger partial charge >= 0.3 is 0 Å². The van der Waals surface area contributed by atoms with Crippen molar-refractivity contribution in [3.05, 3.63) is 64.7 Å². The molecule has 1 saturated heterocycles. The zero-order valence-corrected chi connectivity index (χ0v) is 23.0. The molecule has 0 saturated carbocycles. The summed E-state index contributed by atoms with van der Waals surface area (Å²) in [4.78, 5) is 18.9. The first-order valence-electron chi connectivity index (χ1n) is 13.5. The minimum absolute atomic E-state index is 0.446. The Labute approximate surface area is 225 Å². The molecule has 2 aromatic carbocycles. The maximum atomic E-state index is 11.8. The minimum atomic E-state index is -0.909. The van der Waals surface area contributed by atoms with Crippen LogP contribution in [0.25, 0.3) is 5.57 Å². The molecular formula is C30H38ClN2O2S-. The SMILES string of the molecule is CCCCCCCCC(C(=O)[O-])N1CCN(CCC=C2c3ccccc3Sc3ccc(Cl)cc32)CC1. The lowest BCUT2D eigenvalue weighted by Gasteiger charge is -2.39. The van der Waals surface area contributed by atoms with E-state index in [-0.39, 0.29) is 0 Å². The van der Waals surface area contributed by atoms with E-state index in [2.05, 4.69) is 59.2 Å². The predicted octanol–water partition coefficient (Wildman–Crippen LogP) is 6.11. The van der Waals surface area contributed by atoms with Gasteiger partial charge in [-0.05, 0) is 53.8 Å². The Bertz CT molecular complexity index is 1050. The van der Waals surface area contributed by atoms with Crippen LogP contribution in [-0.4, -0.2) is 54.5 Å². The number of halogens is 1. The molecule has 1 atom stereocenters. The van der Waals surface area contributed by atoms with Gasteiger partial charge in [0.15, 0.2) is 0 Å². The molecular weight excluding hydrogens is 488 g/mol. The lowest BCUT2D eigenvalue weighted by atomic mass is 9.96. The molecule has 0 amide bonds. The topological polar surface area (TPSA) is 46.6 Å². The van der Waals surface area contributed by atoms with Crippen LogP contribution in [0.15, 0.2) is 58.3 Å². The first kappa shape index (κ1) is 27.3. The highest BCUT2D eigenvalue weighted by Crippen LogP contribution is 2.46. The lowest BCUT2D eigenvalue weighted by Crippen LogP contribution is -2.55. The largest absolute Gasteiger partial charge is 0.548 e. The van der Waals surface area contributed by atoms with Gasteiger partial charge in [-0.1, -0.05) is 93.1 Å². The molecule has 2 aromatic rings. The molecule has 2 aliphatic rings. The summed E-state index contributed by atoms with van der Waals surface area (Å²) in [5.41, 5.74) is 3.74. The second kappa shape index (κ2) is 13.7. The van der Waals surface area contributed by atoms with Crippen LogP contribution < -0.4 is 5.11 Å². The van der Waals surface area contributed by atoms with Crippen LogP contribution in [0, 0.1) is 0 Å². The van der Waals surface area contributed by atoms with E-state index < -0.39 is 12.0 Å². The van der Waals surface area contributed by atoms with Gasteiger partial charge in [0, 0.05) is 53.6 Å². The Morgan fingerprint density at radius 2 is 1.72 bits per heavy atom. The average Bonchev–Trinajstić information content (AvgIpc) is 2.88. The van der Waals surface area contributed by atoms with Crippen molar-refractivity contribution >= 4 is 34.9 Å². The summed E-state index contributed by atoms with van der Waals surface area (Å²) in [6, 6.07) is 14.3. The summed E-state index contributed by atoms with van der Waals surface area (Å²) in [6.45, 7) is 6.57. The molecule has 0 radical (unpaired) electrons. The number of carbonyl (C=O) groups is 1. The highest BCUT2D eigenvalue weighted by Gasteiger charge is 2.25. The normalized spacial score (nSPS) is 18.1. The van der Waals surface area contributed by atoms with Gasteiger partial charge in [0.1, 0.15) is 0 Å². The molecule has 2 aliphatic heterocycles. The number of fused-ring (bicyclic) bond motifs is 2. The third kappa shape index (κ3) is 7.16. The van der Waals surface area contributed by atoms with Crippen molar-refractivity contribution in [2.75, 3.05) is 32.7 Å². The van der Waals surface area contributed by atoms with E-state index in [4.69, 9.17) is 11.6 Å². The molecule has 4 rings (SSSR count). The Kier molecular flexibility index (Phi) is 10.3. The standard InChI is InChI=1S/C30H39ClN2O2S/c1-2-3-4-5-6-7-13-27(30(34)35)33-20-18-32(19-21-33)17-10-12-24-25-11-8-9-14-28(25)36-29-16-15-23(31)22-26(24)29/h8-9,11-12,14-16,22,27H,2-7,10,13,17-21H2,1H3,(H,34,35)/p-1. The smallest absolute Gasteiger partial charge is 0.0586 e. The molecule has 0 aromatic heterocycles. The molecule has 4 nitrogen and oxygen atoms in total. The zero-order chi connectivity index (χ0) is 25.3. The van der Waals surface area contributed by atoms with E-state index >= 15 is 0 Å². The summed E-state index contributed by atoms with van der Waals surface area (Å²) in [5, 5.41) is 12.6. The monoisotopic (exact) mass is 525 g/mol. The highest BCUT2D eigenvalue weighted by atomic mass is 35.5. The van der Waals surface area contributed by atoms with Gasteiger partial charge in [0.2, 0.25) is 0 Å². The van der Waals surface area contributed by atoms with Gasteiger partial charge in [0.05, 0.1) is 5.97 Å². The Morgan fingerprint density at radius 3 is 2.50 bits per heavy atom. The van der Waals surface area contributed by atoms with E-state index in [1.807, 2.05) is 6.07 Å². The number of piperazine rings is 1. The van der Waals surface area contributed by atoms with Crippen molar-refractivity contribution in [3.63, 3.8) is 0 Å². The third-order valence-electron chi connectivity index (χ3n) is 7.37. The van der Waals surface area contributed by atoms with Crippen LogP contribution in [0.1, 0.15) is 69.4 Å². The Hall–Kier alpha value is -1.79. The molecule has 0 bridgehead atoms. The fraction of sp³-hybridized carbons (Fsp3) is 0.500. The quantitative estimate of drug-likeness (QED) is 0.267. The van der Waals surface area contributed by atoms with E-state index in [1.54, 1.807) is 11.8 Å². The number of benzene rings is 2. The summed E-state index contributed by atoms with van der Waals surface area (Å²) >= 11 is 8.15. The first-order chi connectivity index (χ1) is 17.6. The van der Waals surface area contributed by atoms with E-state index in [0.717, 1.165) is 57.0 Å². The van der Waals surface area contributed by atoms with Gasteiger partial charge < -0.3 is 14.8 Å². The van der Waals surface area contributed by atoms with Crippen LogP contribution >= 0.6 is 23.4 Å². The molecule has 1 unspecified atom stereocenters. The molecule has 0 N–H and O–H groups in total. The van der Waals surface area contributed by atoms with E-state index in [1.165, 1.54) is 52.2 Å². The summed E-state index contributed by atoms with van der Waals surface area (Å²) in [5.74, 6) is -0.909. The van der Waals surface area contributed by atoms with Gasteiger partial charge in [-0.2, -0.15) is 0 Å². The van der Waals surface area contributed by atoms with Crippen LogP contribution in [0.5, 0.6) is 0 Å². The van der Waals surface area contributed by atoms with Crippen LogP contribution in [0.2, 0.25) is 5.02 Å². The van der Waals surface area contributed by atoms with Crippen LogP contribution in [0.3, 0.4) is 0 Å². The summed E-state index contributed by atoms with van der Waals surface area (Å²) in [7, 11) is 0. The number of carboxylic acids is 1. The molecule has 36 heavy (non-hydrogen) atoms. The van der Waals surface area contributed by atoms with E-state index in [0.29, 0.717) is 6.42 Å². The average molecular weight is 526 g/mol. The maximum absolute atomic E-state index is 11.8. The molecule has 0 aliphatic carbocycles. The summed E-state index contributed by atoms with van der Waals surface area (Å²) < 4.78 is 0. The molecule has 6 heteroatoms. The minimum Gasteiger partial charge on any atom is -0.548 e. The van der Waals surface area contributed by atoms with Gasteiger partial charge in [-0.3, -0.25) is 4.90 Å². The van der Waals surface area contributed by atoms with Gasteiger partial charge in [-0.25, -0.2) is 0 Å². The predicted molar refractivity (Wildman–Crippen MR) is 149 cm³/mol. The van der Waals surface area contributed by atoms with Crippen LogP contribution in [-0.2, 0) is 4.79 Å². The Morgan fingerprint density at radius 1 is 1.00 bits per heavy atom. The van der Waals surface area contributed by atoms with Crippen molar-refractivity contribution in [1.29, 1.82) is 0 Å². The van der Waals surface area contributed by atoms with Crippen molar-refractivity contribution in [2.45, 2.75) is 74.1 Å². The molecule has 1 fully saturated rings. The fourth-order valence-electron chi connectivity index (χ4n) is 5.32. The summed E-state index contributed by atoms with van der Waals surface area (Å²) in [6.07, 6.45) is 11.1. The highest BCUT2D eigenvalue weighted by molar-refractivity contribution is 7.99. The number of hydrogen-bond acceptors (Lipinski definition) is 5. The first-order valence-corrected chi connectivity index (χ1v) is 14.7. The number of carbonyl (C=O) groups excluding carboxylic acids is 1. The van der Waals surface area contributed by atoms with E-state index in [9.17, 15) is 9.90 Å². The lowest BCUT2D eigenvalue weighted by molar-refractivity contribution is -0.312. The van der Waals surface area contributed by atoms with Gasteiger partial charge in [0.25, 0.3) is 0 Å². The molecule has 194 valence electrons. The molecule has 0 spiro atoms. The van der Waals surface area contributed by atoms with Crippen molar-refractivity contribution in [2.24, 2.45) is 0 Å².